The molecule has 0 aliphatic rings. The highest BCUT2D eigenvalue weighted by Crippen LogP contribution is 2.18. The Morgan fingerprint density at radius 3 is 2.57 bits per heavy atom. The van der Waals surface area contributed by atoms with Gasteiger partial charge in [-0.3, -0.25) is 4.79 Å². The Morgan fingerprint density at radius 1 is 1.50 bits per heavy atom. The molecule has 0 fully saturated rings. The summed E-state index contributed by atoms with van der Waals surface area (Å²) in [7, 11) is 0. The Labute approximate surface area is 85.1 Å². The predicted molar refractivity (Wildman–Crippen MR) is 54.9 cm³/mol. The SMILES string of the molecule is C[C@@H](CCCO)C[C@H](CN)CC(=O)O. The van der Waals surface area contributed by atoms with Crippen molar-refractivity contribution in [2.24, 2.45) is 17.6 Å². The maximum absolute atomic E-state index is 10.5. The number of hydrogen-bond donors (Lipinski definition) is 3. The van der Waals surface area contributed by atoms with Crippen LogP contribution in [0.2, 0.25) is 0 Å². The van der Waals surface area contributed by atoms with E-state index in [0.717, 1.165) is 19.3 Å². The number of rotatable bonds is 8. The Hall–Kier alpha value is -0.610. The quantitative estimate of drug-likeness (QED) is 0.545. The Morgan fingerprint density at radius 2 is 2.14 bits per heavy atom. The van der Waals surface area contributed by atoms with Gasteiger partial charge in [0.1, 0.15) is 0 Å². The van der Waals surface area contributed by atoms with E-state index in [1.807, 2.05) is 0 Å². The van der Waals surface area contributed by atoms with E-state index in [4.69, 9.17) is 15.9 Å². The van der Waals surface area contributed by atoms with Crippen molar-refractivity contribution in [2.75, 3.05) is 13.2 Å². The van der Waals surface area contributed by atoms with E-state index in [-0.39, 0.29) is 18.9 Å². The number of aliphatic hydroxyl groups is 1. The van der Waals surface area contributed by atoms with E-state index in [1.165, 1.54) is 0 Å². The molecule has 4 heteroatoms. The van der Waals surface area contributed by atoms with E-state index < -0.39 is 5.97 Å². The van der Waals surface area contributed by atoms with Crippen LogP contribution < -0.4 is 5.73 Å². The lowest BCUT2D eigenvalue weighted by Gasteiger charge is -2.17. The topological polar surface area (TPSA) is 83.5 Å². The van der Waals surface area contributed by atoms with Crippen LogP contribution in [0.25, 0.3) is 0 Å². The number of aliphatic carboxylic acids is 1. The average molecular weight is 203 g/mol. The normalized spacial score (nSPS) is 15.1. The van der Waals surface area contributed by atoms with Crippen molar-refractivity contribution in [1.82, 2.24) is 0 Å². The van der Waals surface area contributed by atoms with Crippen LogP contribution in [-0.4, -0.2) is 29.3 Å². The van der Waals surface area contributed by atoms with Crippen LogP contribution in [0.5, 0.6) is 0 Å². The van der Waals surface area contributed by atoms with Crippen molar-refractivity contribution in [1.29, 1.82) is 0 Å². The van der Waals surface area contributed by atoms with Crippen molar-refractivity contribution < 1.29 is 15.0 Å². The van der Waals surface area contributed by atoms with Crippen molar-refractivity contribution >= 4 is 5.97 Å². The summed E-state index contributed by atoms with van der Waals surface area (Å²) in [6.45, 7) is 2.70. The first-order valence-electron chi connectivity index (χ1n) is 5.12. The summed E-state index contributed by atoms with van der Waals surface area (Å²) in [6.07, 6.45) is 2.71. The third kappa shape index (κ3) is 6.86. The van der Waals surface area contributed by atoms with Gasteiger partial charge in [0.2, 0.25) is 0 Å². The molecule has 0 unspecified atom stereocenters. The van der Waals surface area contributed by atoms with E-state index in [0.29, 0.717) is 12.5 Å². The van der Waals surface area contributed by atoms with Crippen LogP contribution in [-0.2, 0) is 4.79 Å². The first-order chi connectivity index (χ1) is 6.60. The second-order valence-corrected chi connectivity index (χ2v) is 3.91. The molecular formula is C10H21NO3. The zero-order chi connectivity index (χ0) is 11.0. The highest BCUT2D eigenvalue weighted by molar-refractivity contribution is 5.67. The summed E-state index contributed by atoms with van der Waals surface area (Å²) in [5.74, 6) is -0.272. The lowest BCUT2D eigenvalue weighted by Crippen LogP contribution is -2.20. The van der Waals surface area contributed by atoms with Gasteiger partial charge in [-0.05, 0) is 37.6 Å². The highest BCUT2D eigenvalue weighted by Gasteiger charge is 2.14. The molecule has 2 atom stereocenters. The predicted octanol–water partition coefficient (Wildman–Crippen LogP) is 0.835. The standard InChI is InChI=1S/C10H21NO3/c1-8(3-2-4-12)5-9(7-11)6-10(13)14/h8-9,12H,2-7,11H2,1H3,(H,13,14)/t8-,9-/m0/s1. The fourth-order valence-electron chi connectivity index (χ4n) is 1.64. The number of carboxylic acid groups (broad SMARTS) is 1. The van der Waals surface area contributed by atoms with Crippen molar-refractivity contribution in [3.63, 3.8) is 0 Å². The van der Waals surface area contributed by atoms with Gasteiger partial charge in [0.15, 0.2) is 0 Å². The molecule has 0 radical (unpaired) electrons. The largest absolute Gasteiger partial charge is 0.481 e. The third-order valence-corrected chi connectivity index (χ3v) is 2.39. The van der Waals surface area contributed by atoms with E-state index in [2.05, 4.69) is 6.92 Å². The summed E-state index contributed by atoms with van der Waals surface area (Å²) < 4.78 is 0. The van der Waals surface area contributed by atoms with E-state index in [9.17, 15) is 4.79 Å². The number of carbonyl (C=O) groups is 1. The maximum atomic E-state index is 10.5. The summed E-state index contributed by atoms with van der Waals surface area (Å²) in [4.78, 5) is 10.5. The van der Waals surface area contributed by atoms with Crippen LogP contribution in [0.4, 0.5) is 0 Å². The zero-order valence-electron chi connectivity index (χ0n) is 8.78. The minimum absolute atomic E-state index is 0.0705. The molecule has 0 amide bonds. The molecule has 4 nitrogen and oxygen atoms in total. The minimum atomic E-state index is -0.783. The number of hydrogen-bond acceptors (Lipinski definition) is 3. The molecule has 0 aromatic rings. The summed E-state index contributed by atoms with van der Waals surface area (Å²) in [5, 5.41) is 17.2. The fourth-order valence-corrected chi connectivity index (χ4v) is 1.64. The minimum Gasteiger partial charge on any atom is -0.481 e. The van der Waals surface area contributed by atoms with Crippen LogP contribution in [0.1, 0.15) is 32.6 Å². The molecule has 0 aromatic carbocycles. The first-order valence-corrected chi connectivity index (χ1v) is 5.12. The zero-order valence-corrected chi connectivity index (χ0v) is 8.78. The molecule has 0 rings (SSSR count). The van der Waals surface area contributed by atoms with Crippen LogP contribution in [0, 0.1) is 11.8 Å². The van der Waals surface area contributed by atoms with Gasteiger partial charge in [-0.1, -0.05) is 6.92 Å². The molecule has 0 aromatic heterocycles. The van der Waals surface area contributed by atoms with Gasteiger partial charge < -0.3 is 15.9 Å². The van der Waals surface area contributed by atoms with Crippen LogP contribution in [0.3, 0.4) is 0 Å². The Balaban J connectivity index is 3.73. The second kappa shape index (κ2) is 7.76. The van der Waals surface area contributed by atoms with Gasteiger partial charge >= 0.3 is 5.97 Å². The molecule has 14 heavy (non-hydrogen) atoms. The molecule has 0 heterocycles. The number of carboxylic acids is 1. The smallest absolute Gasteiger partial charge is 0.303 e. The van der Waals surface area contributed by atoms with Gasteiger partial charge in [0, 0.05) is 13.0 Å². The summed E-state index contributed by atoms with van der Waals surface area (Å²) in [6, 6.07) is 0. The van der Waals surface area contributed by atoms with Gasteiger partial charge in [-0.2, -0.15) is 0 Å². The number of nitrogens with two attached hydrogens (primary N) is 1. The lowest BCUT2D eigenvalue weighted by molar-refractivity contribution is -0.138. The van der Waals surface area contributed by atoms with Crippen LogP contribution in [0.15, 0.2) is 0 Å². The fraction of sp³-hybridized carbons (Fsp3) is 0.900. The van der Waals surface area contributed by atoms with Crippen molar-refractivity contribution in [2.45, 2.75) is 32.6 Å². The molecule has 0 aliphatic carbocycles. The first kappa shape index (κ1) is 13.4. The molecule has 0 bridgehead atoms. The van der Waals surface area contributed by atoms with E-state index in [1.54, 1.807) is 0 Å². The van der Waals surface area contributed by atoms with Crippen molar-refractivity contribution in [3.05, 3.63) is 0 Å². The third-order valence-electron chi connectivity index (χ3n) is 2.39. The van der Waals surface area contributed by atoms with E-state index >= 15 is 0 Å². The van der Waals surface area contributed by atoms with Gasteiger partial charge in [0.25, 0.3) is 0 Å². The molecule has 0 saturated heterocycles. The second-order valence-electron chi connectivity index (χ2n) is 3.91. The number of aliphatic hydroxyl groups excluding tert-OH is 1. The van der Waals surface area contributed by atoms with Gasteiger partial charge in [-0.15, -0.1) is 0 Å². The van der Waals surface area contributed by atoms with Crippen LogP contribution >= 0.6 is 0 Å². The molecular weight excluding hydrogens is 182 g/mol. The van der Waals surface area contributed by atoms with Gasteiger partial charge in [0.05, 0.1) is 0 Å². The average Bonchev–Trinajstić information content (AvgIpc) is 2.12. The summed E-state index contributed by atoms with van der Waals surface area (Å²) in [5.41, 5.74) is 5.49. The molecule has 4 N–H and O–H groups in total. The Bertz CT molecular complexity index is 161. The highest BCUT2D eigenvalue weighted by atomic mass is 16.4. The Kier molecular flexibility index (Phi) is 7.42. The maximum Gasteiger partial charge on any atom is 0.303 e. The molecule has 0 saturated carbocycles. The molecule has 84 valence electrons. The molecule has 0 spiro atoms. The lowest BCUT2D eigenvalue weighted by atomic mass is 9.90. The monoisotopic (exact) mass is 203 g/mol. The molecule has 0 aliphatic heterocycles. The van der Waals surface area contributed by atoms with Gasteiger partial charge in [-0.25, -0.2) is 0 Å². The van der Waals surface area contributed by atoms with Crippen molar-refractivity contribution in [3.8, 4) is 0 Å². The summed E-state index contributed by atoms with van der Waals surface area (Å²) >= 11 is 0.